The summed E-state index contributed by atoms with van der Waals surface area (Å²) in [5, 5.41) is 16.0. The number of halogens is 3. The van der Waals surface area contributed by atoms with Gasteiger partial charge in [0.05, 0.1) is 28.0 Å². The van der Waals surface area contributed by atoms with Crippen molar-refractivity contribution in [1.29, 1.82) is 0 Å². The highest BCUT2D eigenvalue weighted by Gasteiger charge is 2.31. The van der Waals surface area contributed by atoms with Crippen molar-refractivity contribution in [2.24, 2.45) is 0 Å². The number of non-ortho nitro benzene ring substituents is 1. The summed E-state index contributed by atoms with van der Waals surface area (Å²) in [4.78, 5) is 24.1. The van der Waals surface area contributed by atoms with Gasteiger partial charge in [0.15, 0.2) is 0 Å². The van der Waals surface area contributed by atoms with Crippen LogP contribution in [0.1, 0.15) is 24.0 Å². The van der Waals surface area contributed by atoms with Crippen LogP contribution in [0.3, 0.4) is 0 Å². The molecule has 6 nitrogen and oxygen atoms in total. The number of nitro groups is 1. The number of benzene rings is 3. The maximum atomic E-state index is 13.1. The number of amides is 1. The molecular formula is C23H20F3N3O3. The number of hydrazine groups is 1. The predicted octanol–water partition coefficient (Wildman–Crippen LogP) is 5.35. The van der Waals surface area contributed by atoms with E-state index in [2.05, 4.69) is 0 Å². The summed E-state index contributed by atoms with van der Waals surface area (Å²) < 4.78 is 38.4. The van der Waals surface area contributed by atoms with Gasteiger partial charge in [-0.2, -0.15) is 13.2 Å². The molecule has 0 radical (unpaired) electrons. The summed E-state index contributed by atoms with van der Waals surface area (Å²) in [5.74, 6) is -0.244. The van der Waals surface area contributed by atoms with Gasteiger partial charge in [0, 0.05) is 24.5 Å². The molecule has 0 saturated carbocycles. The van der Waals surface area contributed by atoms with Gasteiger partial charge in [-0.3, -0.25) is 24.9 Å². The van der Waals surface area contributed by atoms with E-state index in [0.717, 1.165) is 25.0 Å². The molecule has 0 aliphatic carbocycles. The van der Waals surface area contributed by atoms with Crippen molar-refractivity contribution in [1.82, 2.24) is 5.01 Å². The third-order valence-electron chi connectivity index (χ3n) is 5.56. The van der Waals surface area contributed by atoms with E-state index >= 15 is 0 Å². The van der Waals surface area contributed by atoms with E-state index in [1.165, 1.54) is 18.2 Å². The van der Waals surface area contributed by atoms with Gasteiger partial charge in [-0.15, -0.1) is 0 Å². The molecule has 0 bridgehead atoms. The monoisotopic (exact) mass is 443 g/mol. The molecular weight excluding hydrogens is 423 g/mol. The number of carbonyl (C=O) groups excluding carboxylic acids is 1. The van der Waals surface area contributed by atoms with Crippen molar-refractivity contribution in [3.63, 3.8) is 0 Å². The smallest absolute Gasteiger partial charge is 0.282 e. The van der Waals surface area contributed by atoms with Crippen LogP contribution in [0.2, 0.25) is 0 Å². The highest BCUT2D eigenvalue weighted by molar-refractivity contribution is 6.00. The van der Waals surface area contributed by atoms with E-state index in [1.807, 2.05) is 5.01 Å². The summed E-state index contributed by atoms with van der Waals surface area (Å²) in [6, 6.07) is 14.6. The van der Waals surface area contributed by atoms with Crippen LogP contribution >= 0.6 is 0 Å². The van der Waals surface area contributed by atoms with E-state index in [-0.39, 0.29) is 18.0 Å². The Bertz CT molecular complexity index is 1160. The SMILES string of the molecule is O=C(Cc1ccc(C(F)(F)F)cc1)N1CCCCN1c1ccc([N+](=O)[O-])c2ccccc12. The Labute approximate surface area is 182 Å². The molecule has 4 rings (SSSR count). The molecule has 166 valence electrons. The average Bonchev–Trinajstić information content (AvgIpc) is 2.78. The van der Waals surface area contributed by atoms with Crippen LogP contribution in [0, 0.1) is 10.1 Å². The zero-order valence-corrected chi connectivity index (χ0v) is 17.0. The van der Waals surface area contributed by atoms with Gasteiger partial charge in [-0.05, 0) is 42.7 Å². The second-order valence-electron chi connectivity index (χ2n) is 7.63. The number of carbonyl (C=O) groups is 1. The molecule has 1 amide bonds. The Kier molecular flexibility index (Phi) is 5.73. The standard InChI is InChI=1S/C23H20F3N3O3/c24-23(25,26)17-9-7-16(8-10-17)15-22(30)28-14-4-3-13-27(28)20-11-12-21(29(31)32)19-6-2-1-5-18(19)20/h1-2,5-12H,3-4,13-15H2. The van der Waals surface area contributed by atoms with Crippen LogP contribution < -0.4 is 5.01 Å². The van der Waals surface area contributed by atoms with Crippen LogP contribution in [-0.2, 0) is 17.4 Å². The number of nitrogens with zero attached hydrogens (tertiary/aromatic N) is 3. The summed E-state index contributed by atoms with van der Waals surface area (Å²) in [7, 11) is 0. The molecule has 1 heterocycles. The first-order valence-electron chi connectivity index (χ1n) is 10.2. The molecule has 0 unspecified atom stereocenters. The first kappa shape index (κ1) is 21.6. The van der Waals surface area contributed by atoms with Crippen LogP contribution in [0.25, 0.3) is 10.8 Å². The van der Waals surface area contributed by atoms with Gasteiger partial charge >= 0.3 is 6.18 Å². The lowest BCUT2D eigenvalue weighted by atomic mass is 10.1. The molecule has 3 aromatic carbocycles. The lowest BCUT2D eigenvalue weighted by Crippen LogP contribution is -2.51. The minimum atomic E-state index is -4.43. The predicted molar refractivity (Wildman–Crippen MR) is 114 cm³/mol. The number of anilines is 1. The molecule has 0 atom stereocenters. The van der Waals surface area contributed by atoms with E-state index in [4.69, 9.17) is 0 Å². The topological polar surface area (TPSA) is 66.7 Å². The summed E-state index contributed by atoms with van der Waals surface area (Å²) in [5.41, 5.74) is 0.406. The number of alkyl halides is 3. The number of hydrogen-bond acceptors (Lipinski definition) is 4. The van der Waals surface area contributed by atoms with Crippen molar-refractivity contribution in [3.05, 3.63) is 81.9 Å². The number of hydrogen-bond donors (Lipinski definition) is 0. The van der Waals surface area contributed by atoms with Crippen molar-refractivity contribution in [2.45, 2.75) is 25.4 Å². The van der Waals surface area contributed by atoms with Crippen LogP contribution in [0.5, 0.6) is 0 Å². The molecule has 1 fully saturated rings. The Balaban J connectivity index is 1.63. The van der Waals surface area contributed by atoms with Crippen molar-refractivity contribution in [2.75, 3.05) is 18.1 Å². The number of fused-ring (bicyclic) bond motifs is 1. The van der Waals surface area contributed by atoms with Crippen LogP contribution in [-0.4, -0.2) is 28.9 Å². The fraction of sp³-hybridized carbons (Fsp3) is 0.261. The minimum Gasteiger partial charge on any atom is -0.282 e. The molecule has 0 N–H and O–H groups in total. The van der Waals surface area contributed by atoms with Gasteiger partial charge in [0.2, 0.25) is 5.91 Å². The van der Waals surface area contributed by atoms with E-state index in [9.17, 15) is 28.1 Å². The number of nitro benzene ring substituents is 1. The van der Waals surface area contributed by atoms with Gasteiger partial charge in [0.25, 0.3) is 5.69 Å². The summed E-state index contributed by atoms with van der Waals surface area (Å²) in [6.07, 6.45) is -2.84. The molecule has 0 aromatic heterocycles. The summed E-state index contributed by atoms with van der Waals surface area (Å²) in [6.45, 7) is 1.02. The third-order valence-corrected chi connectivity index (χ3v) is 5.56. The first-order valence-corrected chi connectivity index (χ1v) is 10.2. The quantitative estimate of drug-likeness (QED) is 0.403. The molecule has 3 aromatic rings. The van der Waals surface area contributed by atoms with Gasteiger partial charge < -0.3 is 0 Å². The minimum absolute atomic E-state index is 0.0102. The highest BCUT2D eigenvalue weighted by Crippen LogP contribution is 2.35. The zero-order chi connectivity index (χ0) is 22.9. The van der Waals surface area contributed by atoms with E-state index in [1.54, 1.807) is 35.3 Å². The molecule has 1 saturated heterocycles. The Morgan fingerprint density at radius 2 is 1.59 bits per heavy atom. The zero-order valence-electron chi connectivity index (χ0n) is 17.0. The van der Waals surface area contributed by atoms with Gasteiger partial charge in [0.1, 0.15) is 0 Å². The lowest BCUT2D eigenvalue weighted by molar-refractivity contribution is -0.383. The molecule has 1 aliphatic heterocycles. The van der Waals surface area contributed by atoms with Gasteiger partial charge in [-0.1, -0.05) is 30.3 Å². The second-order valence-corrected chi connectivity index (χ2v) is 7.63. The van der Waals surface area contributed by atoms with Crippen LogP contribution in [0.4, 0.5) is 24.5 Å². The number of rotatable bonds is 4. The Hall–Kier alpha value is -3.62. The third kappa shape index (κ3) is 4.23. The fourth-order valence-electron chi connectivity index (χ4n) is 4.00. The highest BCUT2D eigenvalue weighted by atomic mass is 19.4. The molecule has 0 spiro atoms. The fourth-order valence-corrected chi connectivity index (χ4v) is 4.00. The largest absolute Gasteiger partial charge is 0.416 e. The molecule has 1 aliphatic rings. The maximum Gasteiger partial charge on any atom is 0.416 e. The maximum absolute atomic E-state index is 13.1. The van der Waals surface area contributed by atoms with Crippen molar-refractivity contribution < 1.29 is 22.9 Å². The average molecular weight is 443 g/mol. The Morgan fingerprint density at radius 3 is 2.25 bits per heavy atom. The van der Waals surface area contributed by atoms with E-state index < -0.39 is 16.7 Å². The van der Waals surface area contributed by atoms with E-state index in [0.29, 0.717) is 35.1 Å². The van der Waals surface area contributed by atoms with Crippen molar-refractivity contribution >= 4 is 28.1 Å². The summed E-state index contributed by atoms with van der Waals surface area (Å²) >= 11 is 0. The lowest BCUT2D eigenvalue weighted by Gasteiger charge is -2.40. The molecule has 32 heavy (non-hydrogen) atoms. The van der Waals surface area contributed by atoms with Gasteiger partial charge in [-0.25, -0.2) is 0 Å². The molecule has 9 heteroatoms. The second kappa shape index (κ2) is 8.49. The normalized spacial score (nSPS) is 14.6. The van der Waals surface area contributed by atoms with Crippen LogP contribution in [0.15, 0.2) is 60.7 Å². The Morgan fingerprint density at radius 1 is 0.938 bits per heavy atom. The first-order chi connectivity index (χ1) is 15.3. The van der Waals surface area contributed by atoms with Crippen molar-refractivity contribution in [3.8, 4) is 0 Å².